The zero-order valence-electron chi connectivity index (χ0n) is 12.1. The summed E-state index contributed by atoms with van der Waals surface area (Å²) in [7, 11) is 0. The minimum Gasteiger partial charge on any atom is -0.490 e. The number of carboxylic acids is 1. The molecule has 110 valence electrons. The van der Waals surface area contributed by atoms with Crippen LogP contribution in [0.1, 0.15) is 28.4 Å². The molecule has 1 N–H and O–H groups in total. The minimum absolute atomic E-state index is 0.182. The van der Waals surface area contributed by atoms with Gasteiger partial charge in [0.1, 0.15) is 6.61 Å². The molecule has 21 heavy (non-hydrogen) atoms. The highest BCUT2D eigenvalue weighted by Gasteiger charge is 2.11. The molecule has 0 atom stereocenters. The third kappa shape index (κ3) is 3.75. The molecule has 0 amide bonds. The van der Waals surface area contributed by atoms with Gasteiger partial charge in [0.2, 0.25) is 0 Å². The second-order valence-electron chi connectivity index (χ2n) is 4.61. The lowest BCUT2D eigenvalue weighted by Crippen LogP contribution is -2.03. The molecule has 0 aromatic heterocycles. The molecule has 0 unspecified atom stereocenters. The van der Waals surface area contributed by atoms with E-state index >= 15 is 0 Å². The fourth-order valence-electron chi connectivity index (χ4n) is 1.96. The van der Waals surface area contributed by atoms with Gasteiger partial charge in [-0.15, -0.1) is 0 Å². The third-order valence-electron chi connectivity index (χ3n) is 3.13. The van der Waals surface area contributed by atoms with Gasteiger partial charge in [0.15, 0.2) is 11.5 Å². The molecule has 0 aliphatic rings. The maximum absolute atomic E-state index is 11.0. The Morgan fingerprint density at radius 1 is 1.10 bits per heavy atom. The first-order chi connectivity index (χ1) is 10.1. The number of aryl methyl sites for hydroxylation is 1. The second kappa shape index (κ2) is 6.79. The van der Waals surface area contributed by atoms with Crippen molar-refractivity contribution in [2.24, 2.45) is 0 Å². The number of ether oxygens (including phenoxy) is 2. The average molecular weight is 286 g/mol. The largest absolute Gasteiger partial charge is 0.490 e. The number of aromatic carboxylic acids is 1. The first-order valence-corrected chi connectivity index (χ1v) is 6.79. The van der Waals surface area contributed by atoms with Crippen molar-refractivity contribution in [3.05, 3.63) is 59.2 Å². The van der Waals surface area contributed by atoms with E-state index in [1.165, 1.54) is 12.1 Å². The Bertz CT molecular complexity index is 634. The molecular formula is C17H18O4. The predicted molar refractivity (Wildman–Crippen MR) is 80.1 cm³/mol. The zero-order valence-corrected chi connectivity index (χ0v) is 12.1. The zero-order chi connectivity index (χ0) is 15.2. The first kappa shape index (κ1) is 14.9. The lowest BCUT2D eigenvalue weighted by molar-refractivity contribution is 0.0696. The fraction of sp³-hybridized carbons (Fsp3) is 0.235. The Morgan fingerprint density at radius 3 is 2.52 bits per heavy atom. The highest BCUT2D eigenvalue weighted by atomic mass is 16.5. The van der Waals surface area contributed by atoms with Crippen LogP contribution in [0.15, 0.2) is 42.5 Å². The van der Waals surface area contributed by atoms with Gasteiger partial charge in [0.05, 0.1) is 12.2 Å². The summed E-state index contributed by atoms with van der Waals surface area (Å²) in [5, 5.41) is 9.02. The molecule has 2 aromatic rings. The van der Waals surface area contributed by atoms with Crippen LogP contribution in [0.5, 0.6) is 11.5 Å². The number of hydrogen-bond acceptors (Lipinski definition) is 3. The molecule has 4 nitrogen and oxygen atoms in total. The Labute approximate surface area is 123 Å². The van der Waals surface area contributed by atoms with E-state index in [0.29, 0.717) is 24.7 Å². The summed E-state index contributed by atoms with van der Waals surface area (Å²) >= 11 is 0. The Hall–Kier alpha value is -2.49. The molecule has 0 aliphatic carbocycles. The van der Waals surface area contributed by atoms with Crippen molar-refractivity contribution in [1.82, 2.24) is 0 Å². The Kier molecular flexibility index (Phi) is 4.82. The molecule has 4 heteroatoms. The molecule has 0 heterocycles. The molecule has 0 saturated heterocycles. The first-order valence-electron chi connectivity index (χ1n) is 6.79. The van der Waals surface area contributed by atoms with Crippen molar-refractivity contribution in [3.63, 3.8) is 0 Å². The van der Waals surface area contributed by atoms with Gasteiger partial charge >= 0.3 is 5.97 Å². The summed E-state index contributed by atoms with van der Waals surface area (Å²) in [5.74, 6) is 0.0116. The van der Waals surface area contributed by atoms with Crippen molar-refractivity contribution >= 4 is 5.97 Å². The predicted octanol–water partition coefficient (Wildman–Crippen LogP) is 3.67. The number of benzene rings is 2. The summed E-state index contributed by atoms with van der Waals surface area (Å²) < 4.78 is 11.2. The minimum atomic E-state index is -0.985. The normalized spacial score (nSPS) is 10.2. The van der Waals surface area contributed by atoms with E-state index in [4.69, 9.17) is 14.6 Å². The molecule has 0 fully saturated rings. The molecule has 2 rings (SSSR count). The highest BCUT2D eigenvalue weighted by molar-refractivity contribution is 5.88. The molecule has 0 bridgehead atoms. The highest BCUT2D eigenvalue weighted by Crippen LogP contribution is 2.29. The topological polar surface area (TPSA) is 55.8 Å². The fourth-order valence-corrected chi connectivity index (χ4v) is 1.96. The second-order valence-corrected chi connectivity index (χ2v) is 4.61. The number of hydrogen-bond donors (Lipinski definition) is 1. The van der Waals surface area contributed by atoms with E-state index in [9.17, 15) is 4.79 Å². The van der Waals surface area contributed by atoms with E-state index in [1.54, 1.807) is 6.07 Å². The van der Waals surface area contributed by atoms with Crippen LogP contribution < -0.4 is 9.47 Å². The third-order valence-corrected chi connectivity index (χ3v) is 3.13. The molecule has 0 aliphatic heterocycles. The van der Waals surface area contributed by atoms with Gasteiger partial charge in [-0.1, -0.05) is 24.3 Å². The summed E-state index contributed by atoms with van der Waals surface area (Å²) in [5.41, 5.74) is 2.42. The summed E-state index contributed by atoms with van der Waals surface area (Å²) in [6.07, 6.45) is 0. The van der Waals surface area contributed by atoms with Crippen LogP contribution in [0.3, 0.4) is 0 Å². The van der Waals surface area contributed by atoms with Gasteiger partial charge in [-0.25, -0.2) is 4.79 Å². The molecular weight excluding hydrogens is 268 g/mol. The smallest absolute Gasteiger partial charge is 0.335 e. The SMILES string of the molecule is CCOc1cc(C(=O)O)ccc1OCc1ccccc1C. The van der Waals surface area contributed by atoms with Crippen molar-refractivity contribution in [2.75, 3.05) is 6.61 Å². The maximum Gasteiger partial charge on any atom is 0.335 e. The van der Waals surface area contributed by atoms with Crippen LogP contribution in [-0.4, -0.2) is 17.7 Å². The van der Waals surface area contributed by atoms with E-state index in [0.717, 1.165) is 11.1 Å². The lowest BCUT2D eigenvalue weighted by atomic mass is 10.1. The molecule has 2 aromatic carbocycles. The van der Waals surface area contributed by atoms with E-state index in [1.807, 2.05) is 38.1 Å². The summed E-state index contributed by atoms with van der Waals surface area (Å²) in [6, 6.07) is 12.6. The number of carbonyl (C=O) groups is 1. The van der Waals surface area contributed by atoms with Crippen LogP contribution in [0.2, 0.25) is 0 Å². The van der Waals surface area contributed by atoms with Crippen LogP contribution in [0, 0.1) is 6.92 Å². The summed E-state index contributed by atoms with van der Waals surface area (Å²) in [6.45, 7) is 4.73. The van der Waals surface area contributed by atoms with Gasteiger partial charge in [-0.05, 0) is 43.2 Å². The quantitative estimate of drug-likeness (QED) is 0.880. The Morgan fingerprint density at radius 2 is 1.86 bits per heavy atom. The van der Waals surface area contributed by atoms with Gasteiger partial charge in [-0.2, -0.15) is 0 Å². The lowest BCUT2D eigenvalue weighted by Gasteiger charge is -2.13. The van der Waals surface area contributed by atoms with Crippen LogP contribution in [-0.2, 0) is 6.61 Å². The van der Waals surface area contributed by atoms with Gasteiger partial charge in [0.25, 0.3) is 0 Å². The molecule has 0 radical (unpaired) electrons. The average Bonchev–Trinajstić information content (AvgIpc) is 2.47. The van der Waals surface area contributed by atoms with Crippen LogP contribution in [0.4, 0.5) is 0 Å². The van der Waals surface area contributed by atoms with Gasteiger partial charge < -0.3 is 14.6 Å². The monoisotopic (exact) mass is 286 g/mol. The Balaban J connectivity index is 2.19. The van der Waals surface area contributed by atoms with Gasteiger partial charge in [-0.3, -0.25) is 0 Å². The van der Waals surface area contributed by atoms with Crippen LogP contribution >= 0.6 is 0 Å². The summed E-state index contributed by atoms with van der Waals surface area (Å²) in [4.78, 5) is 11.0. The van der Waals surface area contributed by atoms with E-state index in [-0.39, 0.29) is 5.56 Å². The van der Waals surface area contributed by atoms with Gasteiger partial charge in [0, 0.05) is 0 Å². The molecule has 0 saturated carbocycles. The van der Waals surface area contributed by atoms with Crippen molar-refractivity contribution in [1.29, 1.82) is 0 Å². The molecule has 0 spiro atoms. The van der Waals surface area contributed by atoms with Crippen molar-refractivity contribution in [3.8, 4) is 11.5 Å². The standard InChI is InChI=1S/C17H18O4/c1-3-20-16-10-13(17(18)19)8-9-15(16)21-11-14-7-5-4-6-12(14)2/h4-10H,3,11H2,1-2H3,(H,18,19). The van der Waals surface area contributed by atoms with Crippen LogP contribution in [0.25, 0.3) is 0 Å². The maximum atomic E-state index is 11.0. The van der Waals surface area contributed by atoms with Crippen molar-refractivity contribution < 1.29 is 19.4 Å². The number of carboxylic acid groups (broad SMARTS) is 1. The van der Waals surface area contributed by atoms with Crippen molar-refractivity contribution in [2.45, 2.75) is 20.5 Å². The van der Waals surface area contributed by atoms with E-state index < -0.39 is 5.97 Å². The van der Waals surface area contributed by atoms with E-state index in [2.05, 4.69) is 0 Å². The number of rotatable bonds is 6.